The van der Waals surface area contributed by atoms with E-state index in [2.05, 4.69) is 13.8 Å². The molecule has 0 aromatic carbocycles. The number of fused-ring (bicyclic) bond motifs is 5. The van der Waals surface area contributed by atoms with Crippen LogP contribution in [0.1, 0.15) is 85.5 Å². The molecule has 4 rings (SSSR count). The first-order valence-electron chi connectivity index (χ1n) is 10.9. The molecule has 0 spiro atoms. The van der Waals surface area contributed by atoms with Gasteiger partial charge in [-0.3, -0.25) is 9.59 Å². The average Bonchev–Trinajstić information content (AvgIpc) is 2.92. The molecule has 146 valence electrons. The van der Waals surface area contributed by atoms with E-state index in [9.17, 15) is 9.59 Å². The molecule has 8 atom stereocenters. The van der Waals surface area contributed by atoms with Gasteiger partial charge >= 0.3 is 5.97 Å². The van der Waals surface area contributed by atoms with Crippen LogP contribution in [0.3, 0.4) is 0 Å². The highest BCUT2D eigenvalue weighted by Gasteiger charge is 2.60. The second kappa shape index (κ2) is 6.34. The fourth-order valence-corrected chi connectivity index (χ4v) is 8.23. The van der Waals surface area contributed by atoms with Crippen LogP contribution >= 0.6 is 0 Å². The fourth-order valence-electron chi connectivity index (χ4n) is 8.23. The summed E-state index contributed by atoms with van der Waals surface area (Å²) in [4.78, 5) is 23.6. The van der Waals surface area contributed by atoms with E-state index in [0.29, 0.717) is 23.0 Å². The van der Waals surface area contributed by atoms with Crippen LogP contribution in [0.2, 0.25) is 0 Å². The third-order valence-electron chi connectivity index (χ3n) is 9.44. The third-order valence-corrected chi connectivity index (χ3v) is 9.44. The van der Waals surface area contributed by atoms with Gasteiger partial charge in [-0.1, -0.05) is 13.8 Å². The molecule has 26 heavy (non-hydrogen) atoms. The van der Waals surface area contributed by atoms with E-state index in [1.807, 2.05) is 6.92 Å². The topological polar surface area (TPSA) is 43.4 Å². The van der Waals surface area contributed by atoms with Crippen LogP contribution in [0, 0.1) is 40.4 Å². The molecular weight excluding hydrogens is 324 g/mol. The van der Waals surface area contributed by atoms with Crippen LogP contribution < -0.4 is 0 Å². The highest BCUT2D eigenvalue weighted by atomic mass is 16.5. The number of esters is 1. The van der Waals surface area contributed by atoms with Crippen molar-refractivity contribution in [3.05, 3.63) is 0 Å². The Morgan fingerprint density at radius 1 is 0.846 bits per heavy atom. The lowest BCUT2D eigenvalue weighted by molar-refractivity contribution is -0.161. The molecule has 4 saturated carbocycles. The van der Waals surface area contributed by atoms with Crippen LogP contribution in [0.5, 0.6) is 0 Å². The van der Waals surface area contributed by atoms with Crippen molar-refractivity contribution in [2.45, 2.75) is 91.6 Å². The zero-order valence-corrected chi connectivity index (χ0v) is 17.1. The van der Waals surface area contributed by atoms with Gasteiger partial charge in [-0.2, -0.15) is 0 Å². The Labute approximate surface area is 158 Å². The van der Waals surface area contributed by atoms with Gasteiger partial charge in [0.15, 0.2) is 0 Å². The van der Waals surface area contributed by atoms with Crippen molar-refractivity contribution in [1.29, 1.82) is 0 Å². The number of ether oxygens (including phenoxy) is 1. The van der Waals surface area contributed by atoms with Crippen molar-refractivity contribution in [1.82, 2.24) is 0 Å². The van der Waals surface area contributed by atoms with E-state index in [1.165, 1.54) is 45.4 Å². The lowest BCUT2D eigenvalue weighted by Crippen LogP contribution is -2.54. The Bertz CT molecular complexity index is 598. The second-order valence-corrected chi connectivity index (χ2v) is 10.4. The van der Waals surface area contributed by atoms with Gasteiger partial charge in [0.05, 0.1) is 0 Å². The normalized spacial score (nSPS) is 50.3. The predicted molar refractivity (Wildman–Crippen MR) is 101 cm³/mol. The summed E-state index contributed by atoms with van der Waals surface area (Å²) in [6.07, 6.45) is 11.0. The quantitative estimate of drug-likeness (QED) is 0.638. The van der Waals surface area contributed by atoms with E-state index in [4.69, 9.17) is 4.74 Å². The maximum atomic E-state index is 12.2. The molecule has 0 aromatic rings. The first-order valence-corrected chi connectivity index (χ1v) is 10.9. The summed E-state index contributed by atoms with van der Waals surface area (Å²) in [7, 11) is 0. The number of carbonyl (C=O) groups excluding carboxylic acids is 2. The second-order valence-electron chi connectivity index (χ2n) is 10.4. The van der Waals surface area contributed by atoms with Crippen LogP contribution in [0.25, 0.3) is 0 Å². The molecule has 0 amide bonds. The van der Waals surface area contributed by atoms with Crippen LogP contribution in [0.4, 0.5) is 0 Å². The molecule has 0 heterocycles. The van der Waals surface area contributed by atoms with Gasteiger partial charge in [0.2, 0.25) is 0 Å². The summed E-state index contributed by atoms with van der Waals surface area (Å²) >= 11 is 0. The summed E-state index contributed by atoms with van der Waals surface area (Å²) in [5.74, 6) is 3.68. The largest absolute Gasteiger partial charge is 0.463 e. The van der Waals surface area contributed by atoms with E-state index >= 15 is 0 Å². The molecule has 0 aliphatic heterocycles. The molecular formula is C23H36O3. The molecule has 4 fully saturated rings. The van der Waals surface area contributed by atoms with Gasteiger partial charge in [-0.25, -0.2) is 0 Å². The zero-order chi connectivity index (χ0) is 18.7. The highest BCUT2D eigenvalue weighted by Crippen LogP contribution is 2.67. The summed E-state index contributed by atoms with van der Waals surface area (Å²) < 4.78 is 5.57. The van der Waals surface area contributed by atoms with Gasteiger partial charge in [-0.15, -0.1) is 0 Å². The summed E-state index contributed by atoms with van der Waals surface area (Å²) in [5, 5.41) is 0. The van der Waals surface area contributed by atoms with Crippen molar-refractivity contribution in [3.63, 3.8) is 0 Å². The molecule has 4 aliphatic rings. The Balaban J connectivity index is 1.54. The van der Waals surface area contributed by atoms with Crippen molar-refractivity contribution < 1.29 is 14.3 Å². The Morgan fingerprint density at radius 2 is 1.54 bits per heavy atom. The summed E-state index contributed by atoms with van der Waals surface area (Å²) in [6, 6.07) is 0. The van der Waals surface area contributed by atoms with Crippen LogP contribution in [-0.2, 0) is 14.3 Å². The number of Topliss-reactive ketones (excluding diaryl/α,β-unsaturated/α-hetero) is 1. The monoisotopic (exact) mass is 360 g/mol. The minimum absolute atomic E-state index is 0.123. The summed E-state index contributed by atoms with van der Waals surface area (Å²) in [5.41, 5.74) is 0.667. The van der Waals surface area contributed by atoms with E-state index < -0.39 is 0 Å². The van der Waals surface area contributed by atoms with Gasteiger partial charge in [0.1, 0.15) is 11.9 Å². The van der Waals surface area contributed by atoms with Crippen molar-refractivity contribution >= 4 is 11.8 Å². The lowest BCUT2D eigenvalue weighted by Gasteiger charge is -2.61. The van der Waals surface area contributed by atoms with E-state index in [1.54, 1.807) is 0 Å². The van der Waals surface area contributed by atoms with E-state index in [0.717, 1.165) is 37.0 Å². The number of rotatable bonds is 2. The molecule has 0 aromatic heterocycles. The average molecular weight is 361 g/mol. The minimum atomic E-state index is -0.123. The van der Waals surface area contributed by atoms with Crippen molar-refractivity contribution in [2.75, 3.05) is 0 Å². The molecule has 0 saturated heterocycles. The molecule has 0 N–H and O–H groups in total. The Hall–Kier alpha value is -0.860. The maximum Gasteiger partial charge on any atom is 0.302 e. The third kappa shape index (κ3) is 2.67. The first kappa shape index (κ1) is 18.5. The molecule has 4 aliphatic carbocycles. The Morgan fingerprint density at radius 3 is 2.23 bits per heavy atom. The van der Waals surface area contributed by atoms with Gasteiger partial charge in [0, 0.05) is 12.8 Å². The Kier molecular flexibility index (Phi) is 4.51. The predicted octanol–water partition coefficient (Wildman–Crippen LogP) is 5.17. The SMILES string of the molecule is CC(=O)O[C@@H]1CCC2(C)C3CCC4(C)C(C(C)=O)CCC4C3CC[C@H]2C1. The zero-order valence-electron chi connectivity index (χ0n) is 17.1. The van der Waals surface area contributed by atoms with Crippen molar-refractivity contribution in [2.24, 2.45) is 40.4 Å². The van der Waals surface area contributed by atoms with E-state index in [-0.39, 0.29) is 17.5 Å². The molecule has 0 radical (unpaired) electrons. The number of carbonyl (C=O) groups is 2. The number of hydrogen-bond donors (Lipinski definition) is 0. The molecule has 6 unspecified atom stereocenters. The standard InChI is InChI=1S/C23H36O3/c1-14(24)19-7-8-20-18-6-5-16-13-17(26-15(2)25)9-11-22(16,3)21(18)10-12-23(19,20)4/h16-21H,5-13H2,1-4H3/t16-,17+,18?,19?,20?,21?,22?,23?/m0/s1. The fraction of sp³-hybridized carbons (Fsp3) is 0.913. The number of ketones is 1. The highest BCUT2D eigenvalue weighted by molar-refractivity contribution is 5.79. The minimum Gasteiger partial charge on any atom is -0.463 e. The summed E-state index contributed by atoms with van der Waals surface area (Å²) in [6.45, 7) is 8.33. The molecule has 3 heteroatoms. The van der Waals surface area contributed by atoms with Crippen LogP contribution in [0.15, 0.2) is 0 Å². The lowest BCUT2D eigenvalue weighted by atomic mass is 9.44. The molecule has 3 nitrogen and oxygen atoms in total. The van der Waals surface area contributed by atoms with Gasteiger partial charge < -0.3 is 4.74 Å². The van der Waals surface area contributed by atoms with Gasteiger partial charge in [-0.05, 0) is 99.2 Å². The number of hydrogen-bond acceptors (Lipinski definition) is 3. The van der Waals surface area contributed by atoms with Gasteiger partial charge in [0.25, 0.3) is 0 Å². The van der Waals surface area contributed by atoms with Crippen molar-refractivity contribution in [3.8, 4) is 0 Å². The first-order chi connectivity index (χ1) is 12.3. The van der Waals surface area contributed by atoms with Crippen LogP contribution in [-0.4, -0.2) is 17.9 Å². The molecule has 0 bridgehead atoms. The maximum absolute atomic E-state index is 12.2. The smallest absolute Gasteiger partial charge is 0.302 e.